The van der Waals surface area contributed by atoms with Crippen LogP contribution in [0.25, 0.3) is 0 Å². The van der Waals surface area contributed by atoms with Gasteiger partial charge in [0, 0.05) is 0 Å². The number of benzene rings is 1. The highest BCUT2D eigenvalue weighted by atomic mass is 16.5. The standard InChI is InChI=1S/C12H15NO4/c1-9(12(15)16)13-11(14)8-17-7-10-5-3-2-4-6-10/h2-6,9H,7-8H2,1H3,(H,13,14)(H,15,16)/t9-/m1/s1. The van der Waals surface area contributed by atoms with Crippen molar-refractivity contribution >= 4 is 11.9 Å². The first-order valence-corrected chi connectivity index (χ1v) is 5.23. The fourth-order valence-corrected chi connectivity index (χ4v) is 1.18. The normalized spacial score (nSPS) is 11.8. The Bertz CT molecular complexity index is 377. The van der Waals surface area contributed by atoms with Crippen molar-refractivity contribution in [3.8, 4) is 0 Å². The lowest BCUT2D eigenvalue weighted by Crippen LogP contribution is -2.40. The molecule has 0 aliphatic carbocycles. The highest BCUT2D eigenvalue weighted by Gasteiger charge is 2.13. The average Bonchev–Trinajstić information content (AvgIpc) is 2.30. The molecule has 5 nitrogen and oxygen atoms in total. The maximum Gasteiger partial charge on any atom is 0.325 e. The molecule has 1 atom stereocenters. The van der Waals surface area contributed by atoms with Gasteiger partial charge in [-0.05, 0) is 12.5 Å². The first-order valence-electron chi connectivity index (χ1n) is 5.23. The number of carbonyl (C=O) groups excluding carboxylic acids is 1. The molecular formula is C12H15NO4. The first-order chi connectivity index (χ1) is 8.09. The van der Waals surface area contributed by atoms with Gasteiger partial charge in [-0.25, -0.2) is 0 Å². The molecule has 0 unspecified atom stereocenters. The predicted molar refractivity (Wildman–Crippen MR) is 61.3 cm³/mol. The van der Waals surface area contributed by atoms with Crippen molar-refractivity contribution in [1.29, 1.82) is 0 Å². The molecule has 2 N–H and O–H groups in total. The molecule has 0 aromatic heterocycles. The van der Waals surface area contributed by atoms with Crippen molar-refractivity contribution in [2.24, 2.45) is 0 Å². The quantitative estimate of drug-likeness (QED) is 0.767. The lowest BCUT2D eigenvalue weighted by Gasteiger charge is -2.09. The Morgan fingerprint density at radius 2 is 2.00 bits per heavy atom. The SMILES string of the molecule is C[C@@H](NC(=O)COCc1ccccc1)C(=O)O. The Morgan fingerprint density at radius 1 is 1.35 bits per heavy atom. The van der Waals surface area contributed by atoms with Crippen LogP contribution in [0.1, 0.15) is 12.5 Å². The molecular weight excluding hydrogens is 222 g/mol. The van der Waals surface area contributed by atoms with Gasteiger partial charge in [-0.3, -0.25) is 9.59 Å². The van der Waals surface area contributed by atoms with Crippen LogP contribution in [-0.2, 0) is 20.9 Å². The summed E-state index contributed by atoms with van der Waals surface area (Å²) in [7, 11) is 0. The zero-order valence-electron chi connectivity index (χ0n) is 9.55. The fraction of sp³-hybridized carbons (Fsp3) is 0.333. The van der Waals surface area contributed by atoms with Crippen LogP contribution < -0.4 is 5.32 Å². The van der Waals surface area contributed by atoms with Crippen molar-refractivity contribution in [1.82, 2.24) is 5.32 Å². The lowest BCUT2D eigenvalue weighted by molar-refractivity contribution is -0.142. The lowest BCUT2D eigenvalue weighted by atomic mass is 10.2. The number of hydrogen-bond acceptors (Lipinski definition) is 3. The topological polar surface area (TPSA) is 75.6 Å². The van der Waals surface area contributed by atoms with E-state index in [1.165, 1.54) is 6.92 Å². The molecule has 17 heavy (non-hydrogen) atoms. The molecule has 0 heterocycles. The van der Waals surface area contributed by atoms with Gasteiger partial charge in [0.15, 0.2) is 0 Å². The number of carboxylic acid groups (broad SMARTS) is 1. The van der Waals surface area contributed by atoms with Crippen LogP contribution in [0, 0.1) is 0 Å². The summed E-state index contributed by atoms with van der Waals surface area (Å²) in [5.74, 6) is -1.50. The van der Waals surface area contributed by atoms with Crippen molar-refractivity contribution in [2.75, 3.05) is 6.61 Å². The number of carbonyl (C=O) groups is 2. The van der Waals surface area contributed by atoms with Gasteiger partial charge in [0.1, 0.15) is 12.6 Å². The number of rotatable bonds is 6. The Labute approximate surface area is 99.4 Å². The molecule has 0 saturated carbocycles. The monoisotopic (exact) mass is 237 g/mol. The number of aliphatic carboxylic acids is 1. The van der Waals surface area contributed by atoms with Gasteiger partial charge in [0.2, 0.25) is 5.91 Å². The van der Waals surface area contributed by atoms with Crippen LogP contribution in [0.4, 0.5) is 0 Å². The highest BCUT2D eigenvalue weighted by molar-refractivity contribution is 5.83. The van der Waals surface area contributed by atoms with Crippen molar-refractivity contribution < 1.29 is 19.4 Å². The Balaban J connectivity index is 2.23. The van der Waals surface area contributed by atoms with E-state index >= 15 is 0 Å². The van der Waals surface area contributed by atoms with Crippen LogP contribution in [0.3, 0.4) is 0 Å². The van der Waals surface area contributed by atoms with E-state index in [0.717, 1.165) is 5.56 Å². The van der Waals surface area contributed by atoms with E-state index in [-0.39, 0.29) is 6.61 Å². The summed E-state index contributed by atoms with van der Waals surface area (Å²) in [6.07, 6.45) is 0. The molecule has 1 amide bonds. The summed E-state index contributed by atoms with van der Waals surface area (Å²) in [6, 6.07) is 8.53. The zero-order chi connectivity index (χ0) is 12.7. The Morgan fingerprint density at radius 3 is 2.59 bits per heavy atom. The molecule has 92 valence electrons. The van der Waals surface area contributed by atoms with Crippen LogP contribution in [0.5, 0.6) is 0 Å². The summed E-state index contributed by atoms with van der Waals surface area (Å²) >= 11 is 0. The fourth-order valence-electron chi connectivity index (χ4n) is 1.18. The molecule has 0 aliphatic rings. The third-order valence-corrected chi connectivity index (χ3v) is 2.09. The van der Waals surface area contributed by atoms with Gasteiger partial charge in [-0.1, -0.05) is 30.3 Å². The van der Waals surface area contributed by atoms with Gasteiger partial charge in [-0.15, -0.1) is 0 Å². The molecule has 1 rings (SSSR count). The highest BCUT2D eigenvalue weighted by Crippen LogP contribution is 1.99. The maximum absolute atomic E-state index is 11.2. The van der Waals surface area contributed by atoms with Gasteiger partial charge in [0.05, 0.1) is 6.61 Å². The molecule has 0 spiro atoms. The minimum Gasteiger partial charge on any atom is -0.480 e. The van der Waals surface area contributed by atoms with Crippen molar-refractivity contribution in [3.63, 3.8) is 0 Å². The molecule has 0 aliphatic heterocycles. The molecule has 0 bridgehead atoms. The van der Waals surface area contributed by atoms with E-state index in [1.807, 2.05) is 30.3 Å². The van der Waals surface area contributed by atoms with Crippen LogP contribution in [0.15, 0.2) is 30.3 Å². The largest absolute Gasteiger partial charge is 0.480 e. The van der Waals surface area contributed by atoms with E-state index in [0.29, 0.717) is 6.61 Å². The molecule has 0 fully saturated rings. The Kier molecular flexibility index (Phi) is 5.16. The van der Waals surface area contributed by atoms with Crippen molar-refractivity contribution in [2.45, 2.75) is 19.6 Å². The Hall–Kier alpha value is -1.88. The average molecular weight is 237 g/mol. The van der Waals surface area contributed by atoms with Gasteiger partial charge < -0.3 is 15.2 Å². The second-order valence-corrected chi connectivity index (χ2v) is 3.61. The second-order valence-electron chi connectivity index (χ2n) is 3.61. The summed E-state index contributed by atoms with van der Waals surface area (Å²) < 4.78 is 5.16. The zero-order valence-corrected chi connectivity index (χ0v) is 9.55. The minimum atomic E-state index is -1.07. The van der Waals surface area contributed by atoms with E-state index in [4.69, 9.17) is 9.84 Å². The van der Waals surface area contributed by atoms with Crippen LogP contribution in [0.2, 0.25) is 0 Å². The van der Waals surface area contributed by atoms with Gasteiger partial charge in [0.25, 0.3) is 0 Å². The van der Waals surface area contributed by atoms with Crippen LogP contribution >= 0.6 is 0 Å². The predicted octanol–water partition coefficient (Wildman–Crippen LogP) is 0.792. The van der Waals surface area contributed by atoms with Crippen molar-refractivity contribution in [3.05, 3.63) is 35.9 Å². The molecule has 1 aromatic rings. The summed E-state index contributed by atoms with van der Waals surface area (Å²) in [5.41, 5.74) is 0.964. The molecule has 0 saturated heterocycles. The third kappa shape index (κ3) is 5.12. The summed E-state index contributed by atoms with van der Waals surface area (Å²) in [6.45, 7) is 1.58. The third-order valence-electron chi connectivity index (χ3n) is 2.09. The summed E-state index contributed by atoms with van der Waals surface area (Å²) in [4.78, 5) is 21.7. The first kappa shape index (κ1) is 13.2. The number of ether oxygens (including phenoxy) is 1. The molecule has 5 heteroatoms. The molecule has 1 aromatic carbocycles. The minimum absolute atomic E-state index is 0.146. The molecule has 0 radical (unpaired) electrons. The van der Waals surface area contributed by atoms with E-state index in [2.05, 4.69) is 5.32 Å². The second kappa shape index (κ2) is 6.65. The number of amides is 1. The number of nitrogens with one attached hydrogen (secondary N) is 1. The van der Waals surface area contributed by atoms with Gasteiger partial charge in [-0.2, -0.15) is 0 Å². The number of carboxylic acids is 1. The van der Waals surface area contributed by atoms with Crippen LogP contribution in [-0.4, -0.2) is 29.6 Å². The summed E-state index contributed by atoms with van der Waals surface area (Å²) in [5, 5.41) is 10.9. The number of hydrogen-bond donors (Lipinski definition) is 2. The maximum atomic E-state index is 11.2. The van der Waals surface area contributed by atoms with E-state index < -0.39 is 17.9 Å². The van der Waals surface area contributed by atoms with Gasteiger partial charge >= 0.3 is 5.97 Å². The smallest absolute Gasteiger partial charge is 0.325 e. The van der Waals surface area contributed by atoms with E-state index in [9.17, 15) is 9.59 Å². The van der Waals surface area contributed by atoms with E-state index in [1.54, 1.807) is 0 Å².